The fourth-order valence-electron chi connectivity index (χ4n) is 3.66. The van der Waals surface area contributed by atoms with E-state index in [1.54, 1.807) is 12.0 Å². The lowest BCUT2D eigenvalue weighted by molar-refractivity contribution is -0.138. The van der Waals surface area contributed by atoms with Crippen LogP contribution >= 0.6 is 0 Å². The maximum Gasteiger partial charge on any atom is 0.241 e. The largest absolute Gasteiger partial charge is 0.495 e. The molecule has 1 aromatic rings. The highest BCUT2D eigenvalue weighted by molar-refractivity contribution is 5.97. The number of nitrogens with zero attached hydrogens (tertiary/aromatic N) is 3. The van der Waals surface area contributed by atoms with Gasteiger partial charge < -0.3 is 14.5 Å². The average Bonchev–Trinajstić information content (AvgIpc) is 2.67. The van der Waals surface area contributed by atoms with Crippen LogP contribution in [0.25, 0.3) is 0 Å². The molecule has 2 heterocycles. The summed E-state index contributed by atoms with van der Waals surface area (Å²) in [6, 6.07) is 7.30. The van der Waals surface area contributed by atoms with Crippen molar-refractivity contribution in [3.8, 4) is 5.75 Å². The highest BCUT2D eigenvalue weighted by Crippen LogP contribution is 2.29. The molecule has 0 bridgehead atoms. The van der Waals surface area contributed by atoms with Gasteiger partial charge in [0, 0.05) is 26.2 Å². The van der Waals surface area contributed by atoms with Gasteiger partial charge in [-0.15, -0.1) is 0 Å². The molecule has 2 saturated heterocycles. The SMILES string of the molecule is COc1ccccc1N1CCN([C@H](C)C(=O)N2CCCCC2)CC1=O. The lowest BCUT2D eigenvalue weighted by atomic mass is 10.1. The normalized spacial score (nSPS) is 20.5. The van der Waals surface area contributed by atoms with Crippen LogP contribution in [0.5, 0.6) is 5.75 Å². The van der Waals surface area contributed by atoms with Crippen molar-refractivity contribution in [2.45, 2.75) is 32.2 Å². The molecular weight excluding hydrogens is 318 g/mol. The predicted molar refractivity (Wildman–Crippen MR) is 96.8 cm³/mol. The number of ether oxygens (including phenoxy) is 1. The van der Waals surface area contributed by atoms with Gasteiger partial charge >= 0.3 is 0 Å². The van der Waals surface area contributed by atoms with E-state index >= 15 is 0 Å². The van der Waals surface area contributed by atoms with Crippen molar-refractivity contribution in [3.05, 3.63) is 24.3 Å². The Hall–Kier alpha value is -2.08. The maximum absolute atomic E-state index is 12.7. The molecule has 2 aliphatic heterocycles. The number of carbonyl (C=O) groups excluding carboxylic acids is 2. The van der Waals surface area contributed by atoms with Crippen LogP contribution < -0.4 is 9.64 Å². The molecule has 0 radical (unpaired) electrons. The molecule has 2 aliphatic rings. The third-order valence-electron chi connectivity index (χ3n) is 5.20. The second-order valence-corrected chi connectivity index (χ2v) is 6.75. The first-order chi connectivity index (χ1) is 12.1. The monoisotopic (exact) mass is 345 g/mol. The number of carbonyl (C=O) groups is 2. The van der Waals surface area contributed by atoms with Crippen LogP contribution in [0.4, 0.5) is 5.69 Å². The first-order valence-electron chi connectivity index (χ1n) is 9.08. The van der Waals surface area contributed by atoms with E-state index in [1.807, 2.05) is 41.0 Å². The van der Waals surface area contributed by atoms with Crippen molar-refractivity contribution in [1.82, 2.24) is 9.80 Å². The van der Waals surface area contributed by atoms with Crippen molar-refractivity contribution in [2.24, 2.45) is 0 Å². The molecule has 2 amide bonds. The molecule has 0 saturated carbocycles. The van der Waals surface area contributed by atoms with Crippen molar-refractivity contribution >= 4 is 17.5 Å². The van der Waals surface area contributed by atoms with E-state index < -0.39 is 0 Å². The van der Waals surface area contributed by atoms with Crippen LogP contribution in [0.2, 0.25) is 0 Å². The fourth-order valence-corrected chi connectivity index (χ4v) is 3.66. The maximum atomic E-state index is 12.7. The molecule has 6 nitrogen and oxygen atoms in total. The molecule has 136 valence electrons. The Bertz CT molecular complexity index is 628. The Kier molecular flexibility index (Phi) is 5.58. The van der Waals surface area contributed by atoms with E-state index in [4.69, 9.17) is 4.74 Å². The summed E-state index contributed by atoms with van der Waals surface area (Å²) in [5.74, 6) is 0.856. The molecule has 6 heteroatoms. The van der Waals surface area contributed by atoms with Crippen molar-refractivity contribution in [3.63, 3.8) is 0 Å². The Morgan fingerprint density at radius 3 is 2.48 bits per heavy atom. The minimum absolute atomic E-state index is 0.00837. The molecule has 0 unspecified atom stereocenters. The van der Waals surface area contributed by atoms with E-state index in [-0.39, 0.29) is 24.4 Å². The smallest absolute Gasteiger partial charge is 0.241 e. The van der Waals surface area contributed by atoms with Gasteiger partial charge in [-0.1, -0.05) is 12.1 Å². The summed E-state index contributed by atoms with van der Waals surface area (Å²) in [5.41, 5.74) is 0.796. The average molecular weight is 345 g/mol. The van der Waals surface area contributed by atoms with Crippen LogP contribution in [0.1, 0.15) is 26.2 Å². The van der Waals surface area contributed by atoms with Gasteiger partial charge in [-0.05, 0) is 38.3 Å². The number of amides is 2. The summed E-state index contributed by atoms with van der Waals surface area (Å²) in [7, 11) is 1.61. The first-order valence-corrected chi connectivity index (χ1v) is 9.08. The Balaban J connectivity index is 1.65. The molecular formula is C19H27N3O3. The zero-order chi connectivity index (χ0) is 17.8. The van der Waals surface area contributed by atoms with E-state index in [0.29, 0.717) is 18.8 Å². The number of hydrogen-bond donors (Lipinski definition) is 0. The molecule has 1 atom stereocenters. The van der Waals surface area contributed by atoms with Gasteiger partial charge in [-0.25, -0.2) is 0 Å². The number of rotatable bonds is 4. The van der Waals surface area contributed by atoms with Gasteiger partial charge in [0.1, 0.15) is 5.75 Å². The van der Waals surface area contributed by atoms with Gasteiger partial charge in [0.15, 0.2) is 0 Å². The van der Waals surface area contributed by atoms with Crippen LogP contribution in [-0.4, -0.2) is 67.5 Å². The van der Waals surface area contributed by atoms with Crippen LogP contribution in [0, 0.1) is 0 Å². The van der Waals surface area contributed by atoms with Crippen molar-refractivity contribution < 1.29 is 14.3 Å². The predicted octanol–water partition coefficient (Wildman–Crippen LogP) is 1.74. The lowest BCUT2D eigenvalue weighted by Gasteiger charge is -2.39. The Labute approximate surface area is 149 Å². The highest BCUT2D eigenvalue weighted by atomic mass is 16.5. The lowest BCUT2D eigenvalue weighted by Crippen LogP contribution is -2.57. The summed E-state index contributed by atoms with van der Waals surface area (Å²) >= 11 is 0. The Morgan fingerprint density at radius 2 is 1.80 bits per heavy atom. The topological polar surface area (TPSA) is 53.1 Å². The van der Waals surface area contributed by atoms with E-state index in [1.165, 1.54) is 6.42 Å². The molecule has 0 aromatic heterocycles. The number of methoxy groups -OCH3 is 1. The number of hydrogen-bond acceptors (Lipinski definition) is 4. The number of para-hydroxylation sites is 2. The van der Waals surface area contributed by atoms with Crippen LogP contribution in [0.15, 0.2) is 24.3 Å². The second kappa shape index (κ2) is 7.87. The number of benzene rings is 1. The number of likely N-dealkylation sites (tertiary alicyclic amines) is 1. The molecule has 25 heavy (non-hydrogen) atoms. The third-order valence-corrected chi connectivity index (χ3v) is 5.20. The molecule has 1 aromatic carbocycles. The molecule has 0 aliphatic carbocycles. The standard InChI is InChI=1S/C19H27N3O3/c1-15(19(24)20-10-6-3-7-11-20)21-12-13-22(18(23)14-21)16-8-4-5-9-17(16)25-2/h4-5,8-9,15H,3,6-7,10-14H2,1-2H3/t15-/m1/s1. The zero-order valence-electron chi connectivity index (χ0n) is 15.1. The molecule has 3 rings (SSSR count). The number of piperidine rings is 1. The first kappa shape index (κ1) is 17.7. The zero-order valence-corrected chi connectivity index (χ0v) is 15.1. The second-order valence-electron chi connectivity index (χ2n) is 6.75. The van der Waals surface area contributed by atoms with E-state index in [0.717, 1.165) is 31.6 Å². The van der Waals surface area contributed by atoms with Crippen molar-refractivity contribution in [2.75, 3.05) is 44.7 Å². The highest BCUT2D eigenvalue weighted by Gasteiger charge is 2.33. The number of piperazine rings is 1. The van der Waals surface area contributed by atoms with Gasteiger partial charge in [-0.2, -0.15) is 0 Å². The molecule has 2 fully saturated rings. The van der Waals surface area contributed by atoms with Gasteiger partial charge in [0.25, 0.3) is 0 Å². The Morgan fingerprint density at radius 1 is 1.08 bits per heavy atom. The number of anilines is 1. The summed E-state index contributed by atoms with van der Waals surface area (Å²) in [6.07, 6.45) is 3.37. The third kappa shape index (κ3) is 3.79. The summed E-state index contributed by atoms with van der Waals surface area (Å²) in [5, 5.41) is 0. The quantitative estimate of drug-likeness (QED) is 0.834. The molecule has 0 spiro atoms. The van der Waals surface area contributed by atoms with E-state index in [2.05, 4.69) is 0 Å². The summed E-state index contributed by atoms with van der Waals surface area (Å²) in [6.45, 7) is 5.12. The fraction of sp³-hybridized carbons (Fsp3) is 0.579. The van der Waals surface area contributed by atoms with Crippen LogP contribution in [0.3, 0.4) is 0 Å². The summed E-state index contributed by atoms with van der Waals surface area (Å²) < 4.78 is 5.37. The minimum atomic E-state index is -0.248. The van der Waals surface area contributed by atoms with Gasteiger partial charge in [-0.3, -0.25) is 14.5 Å². The van der Waals surface area contributed by atoms with Crippen LogP contribution in [-0.2, 0) is 9.59 Å². The molecule has 0 N–H and O–H groups in total. The minimum Gasteiger partial charge on any atom is -0.495 e. The van der Waals surface area contributed by atoms with Crippen molar-refractivity contribution in [1.29, 1.82) is 0 Å². The van der Waals surface area contributed by atoms with Gasteiger partial charge in [0.2, 0.25) is 11.8 Å². The van der Waals surface area contributed by atoms with Gasteiger partial charge in [0.05, 0.1) is 25.4 Å². The van der Waals surface area contributed by atoms with E-state index in [9.17, 15) is 9.59 Å². The summed E-state index contributed by atoms with van der Waals surface area (Å²) in [4.78, 5) is 31.1.